The third-order valence-corrected chi connectivity index (χ3v) is 4.46. The number of carbonyl (C=O) groups excluding carboxylic acids is 1. The lowest BCUT2D eigenvalue weighted by Crippen LogP contribution is -2.16. The molecule has 0 aliphatic carbocycles. The van der Waals surface area contributed by atoms with Crippen LogP contribution in [0.25, 0.3) is 11.0 Å². The van der Waals surface area contributed by atoms with Crippen molar-refractivity contribution < 1.29 is 14.3 Å². The smallest absolute Gasteiger partial charge is 0.343 e. The van der Waals surface area contributed by atoms with Crippen LogP contribution in [-0.4, -0.2) is 25.0 Å². The van der Waals surface area contributed by atoms with Gasteiger partial charge in [0, 0.05) is 38.2 Å². The van der Waals surface area contributed by atoms with Crippen molar-refractivity contribution in [1.29, 1.82) is 0 Å². The molecule has 0 saturated carbocycles. The number of Topliss-reactive ketones (excluding diaryl/α,β-unsaturated/α-hetero) is 1. The zero-order valence-electron chi connectivity index (χ0n) is 15.0. The summed E-state index contributed by atoms with van der Waals surface area (Å²) < 4.78 is 5.49. The van der Waals surface area contributed by atoms with E-state index in [9.17, 15) is 14.7 Å². The predicted octanol–water partition coefficient (Wildman–Crippen LogP) is 3.68. The number of carbonyl (C=O) groups is 1. The Labute approximate surface area is 151 Å². The maximum absolute atomic E-state index is 12.7. The summed E-state index contributed by atoms with van der Waals surface area (Å²) in [5.41, 5.74) is 1.46. The van der Waals surface area contributed by atoms with Gasteiger partial charge < -0.3 is 14.4 Å². The van der Waals surface area contributed by atoms with E-state index < -0.39 is 11.5 Å². The Morgan fingerprint density at radius 1 is 1.15 bits per heavy atom. The summed E-state index contributed by atoms with van der Waals surface area (Å²) in [5, 5.41) is 11.3. The van der Waals surface area contributed by atoms with Crippen LogP contribution >= 0.6 is 0 Å². The van der Waals surface area contributed by atoms with Gasteiger partial charge in [-0.15, -0.1) is 0 Å². The second-order valence-corrected chi connectivity index (χ2v) is 6.60. The Morgan fingerprint density at radius 3 is 2.46 bits per heavy atom. The minimum absolute atomic E-state index is 0.0688. The van der Waals surface area contributed by atoms with Gasteiger partial charge in [-0.05, 0) is 24.6 Å². The molecular formula is C21H21NO4. The lowest BCUT2D eigenvalue weighted by molar-refractivity contribution is -0.117. The zero-order valence-corrected chi connectivity index (χ0v) is 15.0. The van der Waals surface area contributed by atoms with Gasteiger partial charge in [0.1, 0.15) is 17.1 Å². The van der Waals surface area contributed by atoms with E-state index in [1.165, 1.54) is 6.92 Å². The maximum Gasteiger partial charge on any atom is 0.343 e. The Morgan fingerprint density at radius 2 is 1.85 bits per heavy atom. The number of aromatic hydroxyl groups is 1. The molecule has 1 aromatic heterocycles. The van der Waals surface area contributed by atoms with Gasteiger partial charge in [-0.2, -0.15) is 0 Å². The van der Waals surface area contributed by atoms with Crippen molar-refractivity contribution in [2.45, 2.75) is 19.3 Å². The van der Waals surface area contributed by atoms with Crippen molar-refractivity contribution in [3.8, 4) is 5.75 Å². The molecule has 0 aliphatic heterocycles. The van der Waals surface area contributed by atoms with E-state index in [0.29, 0.717) is 11.0 Å². The van der Waals surface area contributed by atoms with Crippen LogP contribution in [0.4, 0.5) is 5.69 Å². The Balaban J connectivity index is 2.23. The first-order valence-electron chi connectivity index (χ1n) is 8.40. The van der Waals surface area contributed by atoms with Crippen LogP contribution in [0.1, 0.15) is 30.4 Å². The van der Waals surface area contributed by atoms with Gasteiger partial charge in [0.2, 0.25) is 0 Å². The van der Waals surface area contributed by atoms with Crippen LogP contribution in [0.5, 0.6) is 5.75 Å². The van der Waals surface area contributed by atoms with Crippen molar-refractivity contribution in [2.24, 2.45) is 0 Å². The lowest BCUT2D eigenvalue weighted by atomic mass is 9.87. The summed E-state index contributed by atoms with van der Waals surface area (Å²) in [6.07, 6.45) is 0.115. The summed E-state index contributed by atoms with van der Waals surface area (Å²) in [6, 6.07) is 14.5. The molecule has 5 nitrogen and oxygen atoms in total. The average Bonchev–Trinajstić information content (AvgIpc) is 2.60. The average molecular weight is 351 g/mol. The number of benzene rings is 2. The number of anilines is 1. The normalized spacial score (nSPS) is 12.1. The van der Waals surface area contributed by atoms with E-state index >= 15 is 0 Å². The number of ketones is 1. The molecule has 134 valence electrons. The molecule has 1 atom stereocenters. The van der Waals surface area contributed by atoms with Gasteiger partial charge in [0.15, 0.2) is 0 Å². The molecule has 26 heavy (non-hydrogen) atoms. The number of nitrogens with zero attached hydrogens (tertiary/aromatic N) is 1. The zero-order chi connectivity index (χ0) is 18.8. The minimum atomic E-state index is -0.624. The maximum atomic E-state index is 12.7. The quantitative estimate of drug-likeness (QED) is 0.710. The highest BCUT2D eigenvalue weighted by Crippen LogP contribution is 2.37. The fourth-order valence-electron chi connectivity index (χ4n) is 3.13. The highest BCUT2D eigenvalue weighted by molar-refractivity contribution is 5.87. The Bertz CT molecular complexity index is 1010. The third-order valence-electron chi connectivity index (χ3n) is 4.46. The van der Waals surface area contributed by atoms with E-state index in [4.69, 9.17) is 4.42 Å². The topological polar surface area (TPSA) is 70.8 Å². The molecule has 5 heteroatoms. The van der Waals surface area contributed by atoms with Gasteiger partial charge >= 0.3 is 5.63 Å². The number of fused-ring (bicyclic) bond motifs is 1. The van der Waals surface area contributed by atoms with Crippen molar-refractivity contribution in [3.63, 3.8) is 0 Å². The van der Waals surface area contributed by atoms with Crippen molar-refractivity contribution in [2.75, 3.05) is 19.0 Å². The van der Waals surface area contributed by atoms with Crippen molar-refractivity contribution in [1.82, 2.24) is 0 Å². The van der Waals surface area contributed by atoms with Crippen LogP contribution in [0, 0.1) is 0 Å². The van der Waals surface area contributed by atoms with E-state index in [-0.39, 0.29) is 23.5 Å². The summed E-state index contributed by atoms with van der Waals surface area (Å²) >= 11 is 0. The highest BCUT2D eigenvalue weighted by atomic mass is 16.4. The van der Waals surface area contributed by atoms with Crippen molar-refractivity contribution >= 4 is 22.4 Å². The molecule has 0 radical (unpaired) electrons. The second-order valence-electron chi connectivity index (χ2n) is 6.60. The van der Waals surface area contributed by atoms with Gasteiger partial charge in [-0.3, -0.25) is 4.79 Å². The molecule has 0 spiro atoms. The third kappa shape index (κ3) is 3.33. The van der Waals surface area contributed by atoms with Gasteiger partial charge in [0.05, 0.1) is 10.9 Å². The summed E-state index contributed by atoms with van der Waals surface area (Å²) in [6.45, 7) is 1.47. The fourth-order valence-corrected chi connectivity index (χ4v) is 3.13. The molecule has 1 heterocycles. The number of hydrogen-bond acceptors (Lipinski definition) is 5. The summed E-state index contributed by atoms with van der Waals surface area (Å²) in [4.78, 5) is 26.3. The summed E-state index contributed by atoms with van der Waals surface area (Å²) in [5.74, 6) is -0.750. The molecule has 0 fully saturated rings. The van der Waals surface area contributed by atoms with Crippen LogP contribution < -0.4 is 10.5 Å². The fraction of sp³-hybridized carbons (Fsp3) is 0.238. The van der Waals surface area contributed by atoms with Crippen LogP contribution in [-0.2, 0) is 4.79 Å². The van der Waals surface area contributed by atoms with Crippen LogP contribution in [0.3, 0.4) is 0 Å². The monoisotopic (exact) mass is 351 g/mol. The van der Waals surface area contributed by atoms with Crippen LogP contribution in [0.15, 0.2) is 57.7 Å². The molecule has 2 aromatic carbocycles. The minimum Gasteiger partial charge on any atom is -0.507 e. The van der Waals surface area contributed by atoms with E-state index in [1.54, 1.807) is 12.1 Å². The SMILES string of the molecule is CC(=O)C[C@@H](c1ccccc1)c1c(O)c2ccc(N(C)C)cc2oc1=O. The van der Waals surface area contributed by atoms with Crippen LogP contribution in [0.2, 0.25) is 0 Å². The Kier molecular flexibility index (Phi) is 4.80. The largest absolute Gasteiger partial charge is 0.507 e. The Hall–Kier alpha value is -3.08. The summed E-state index contributed by atoms with van der Waals surface area (Å²) in [7, 11) is 3.76. The molecule has 0 aliphatic rings. The molecule has 0 amide bonds. The molecular weight excluding hydrogens is 330 g/mol. The number of rotatable bonds is 5. The first kappa shape index (κ1) is 17.7. The lowest BCUT2D eigenvalue weighted by Gasteiger charge is -2.18. The predicted molar refractivity (Wildman–Crippen MR) is 102 cm³/mol. The molecule has 0 bridgehead atoms. The highest BCUT2D eigenvalue weighted by Gasteiger charge is 2.26. The van der Waals surface area contributed by atoms with E-state index in [1.807, 2.05) is 55.4 Å². The molecule has 1 N–H and O–H groups in total. The number of hydrogen-bond donors (Lipinski definition) is 1. The van der Waals surface area contributed by atoms with Gasteiger partial charge in [-0.25, -0.2) is 4.79 Å². The molecule has 0 saturated heterocycles. The molecule has 3 rings (SSSR count). The van der Waals surface area contributed by atoms with E-state index in [2.05, 4.69) is 0 Å². The standard InChI is InChI=1S/C21H21NO4/c1-13(23)11-17(14-7-5-4-6-8-14)19-20(24)16-10-9-15(22(2)3)12-18(16)26-21(19)25/h4-10,12,17,24H,11H2,1-3H3/t17-/m0/s1. The van der Waals surface area contributed by atoms with Gasteiger partial charge in [-0.1, -0.05) is 30.3 Å². The first-order valence-corrected chi connectivity index (χ1v) is 8.40. The van der Waals surface area contributed by atoms with E-state index in [0.717, 1.165) is 11.3 Å². The second kappa shape index (κ2) is 7.04. The van der Waals surface area contributed by atoms with Gasteiger partial charge in [0.25, 0.3) is 0 Å². The van der Waals surface area contributed by atoms with Crippen molar-refractivity contribution in [3.05, 3.63) is 70.1 Å². The molecule has 3 aromatic rings. The molecule has 0 unspecified atom stereocenters. The first-order chi connectivity index (χ1) is 12.4.